The van der Waals surface area contributed by atoms with E-state index in [-0.39, 0.29) is 6.17 Å². The van der Waals surface area contributed by atoms with Gasteiger partial charge in [-0.05, 0) is 13.0 Å². The standard InChI is InChI=1S/C13H22N6O2/c1-5-7-14-11(6-2)17-12-15-10-16-13(18-12)19(3)21-9-8-20-4/h2,10-11,14H,5,7-9H2,1,3-4H3,(H,15,16,17,18). The summed E-state index contributed by atoms with van der Waals surface area (Å²) in [6, 6.07) is 0. The van der Waals surface area contributed by atoms with E-state index in [1.165, 1.54) is 11.4 Å². The fourth-order valence-electron chi connectivity index (χ4n) is 1.39. The van der Waals surface area contributed by atoms with Crippen LogP contribution in [0.1, 0.15) is 13.3 Å². The molecule has 1 aromatic rings. The number of hydroxylamine groups is 1. The third-order valence-electron chi connectivity index (χ3n) is 2.45. The van der Waals surface area contributed by atoms with Crippen molar-refractivity contribution in [3.63, 3.8) is 0 Å². The summed E-state index contributed by atoms with van der Waals surface area (Å²) in [5.41, 5.74) is 0. The van der Waals surface area contributed by atoms with E-state index in [2.05, 4.69) is 38.4 Å². The number of rotatable bonds is 10. The van der Waals surface area contributed by atoms with Gasteiger partial charge in [0.25, 0.3) is 5.95 Å². The molecule has 0 bridgehead atoms. The fraction of sp³-hybridized carbons (Fsp3) is 0.615. The Kier molecular flexibility index (Phi) is 8.04. The number of hydrogen-bond donors (Lipinski definition) is 2. The summed E-state index contributed by atoms with van der Waals surface area (Å²) in [6.07, 6.45) is 7.49. The van der Waals surface area contributed by atoms with Gasteiger partial charge in [0.2, 0.25) is 5.95 Å². The van der Waals surface area contributed by atoms with E-state index in [1.54, 1.807) is 14.2 Å². The molecule has 0 aliphatic rings. The van der Waals surface area contributed by atoms with E-state index in [0.717, 1.165) is 13.0 Å². The van der Waals surface area contributed by atoms with Crippen molar-refractivity contribution in [1.29, 1.82) is 0 Å². The second-order valence-electron chi connectivity index (χ2n) is 4.13. The van der Waals surface area contributed by atoms with Crippen molar-refractivity contribution in [3.8, 4) is 12.3 Å². The van der Waals surface area contributed by atoms with Gasteiger partial charge in [0.1, 0.15) is 12.5 Å². The van der Waals surface area contributed by atoms with E-state index >= 15 is 0 Å². The summed E-state index contributed by atoms with van der Waals surface area (Å²) in [7, 11) is 3.32. The van der Waals surface area contributed by atoms with Crippen LogP contribution in [-0.2, 0) is 9.57 Å². The van der Waals surface area contributed by atoms with Crippen molar-refractivity contribution in [1.82, 2.24) is 20.3 Å². The molecule has 0 fully saturated rings. The average Bonchev–Trinajstić information content (AvgIpc) is 2.51. The predicted molar refractivity (Wildman–Crippen MR) is 80.6 cm³/mol. The zero-order valence-electron chi connectivity index (χ0n) is 12.7. The first-order valence-electron chi connectivity index (χ1n) is 6.72. The lowest BCUT2D eigenvalue weighted by molar-refractivity contribution is 0.0607. The summed E-state index contributed by atoms with van der Waals surface area (Å²) in [5.74, 6) is 3.36. The summed E-state index contributed by atoms with van der Waals surface area (Å²) < 4.78 is 4.91. The summed E-state index contributed by atoms with van der Waals surface area (Å²) in [6.45, 7) is 3.76. The van der Waals surface area contributed by atoms with Crippen LogP contribution in [-0.4, -0.2) is 55.0 Å². The molecule has 1 rings (SSSR count). The molecule has 1 aromatic heterocycles. The Morgan fingerprint density at radius 3 is 2.90 bits per heavy atom. The van der Waals surface area contributed by atoms with Crippen LogP contribution in [0.15, 0.2) is 6.33 Å². The smallest absolute Gasteiger partial charge is 0.254 e. The van der Waals surface area contributed by atoms with Gasteiger partial charge in [0.15, 0.2) is 0 Å². The summed E-state index contributed by atoms with van der Waals surface area (Å²) >= 11 is 0. The molecule has 2 N–H and O–H groups in total. The van der Waals surface area contributed by atoms with Crippen LogP contribution in [0.3, 0.4) is 0 Å². The summed E-state index contributed by atoms with van der Waals surface area (Å²) in [5, 5.41) is 7.61. The Balaban J connectivity index is 2.60. The second-order valence-corrected chi connectivity index (χ2v) is 4.13. The van der Waals surface area contributed by atoms with E-state index in [4.69, 9.17) is 16.0 Å². The lowest BCUT2D eigenvalue weighted by atomic mass is 10.4. The number of anilines is 2. The van der Waals surface area contributed by atoms with Crippen LogP contribution in [0.4, 0.5) is 11.9 Å². The molecule has 1 heterocycles. The number of ether oxygens (including phenoxy) is 1. The van der Waals surface area contributed by atoms with Crippen LogP contribution in [0.2, 0.25) is 0 Å². The highest BCUT2D eigenvalue weighted by Gasteiger charge is 2.09. The lowest BCUT2D eigenvalue weighted by Gasteiger charge is -2.18. The zero-order chi connectivity index (χ0) is 15.5. The van der Waals surface area contributed by atoms with E-state index < -0.39 is 0 Å². The van der Waals surface area contributed by atoms with Gasteiger partial charge in [-0.2, -0.15) is 9.97 Å². The van der Waals surface area contributed by atoms with Crippen molar-refractivity contribution in [2.45, 2.75) is 19.5 Å². The van der Waals surface area contributed by atoms with E-state index in [0.29, 0.717) is 25.1 Å². The quantitative estimate of drug-likeness (QED) is 0.275. The van der Waals surface area contributed by atoms with Crippen LogP contribution in [0.25, 0.3) is 0 Å². The molecule has 116 valence electrons. The molecule has 8 nitrogen and oxygen atoms in total. The van der Waals surface area contributed by atoms with Crippen molar-refractivity contribution in [2.75, 3.05) is 44.3 Å². The van der Waals surface area contributed by atoms with Gasteiger partial charge < -0.3 is 10.1 Å². The van der Waals surface area contributed by atoms with Gasteiger partial charge in [0.05, 0.1) is 13.2 Å². The minimum Gasteiger partial charge on any atom is -0.382 e. The third-order valence-corrected chi connectivity index (χ3v) is 2.45. The van der Waals surface area contributed by atoms with Gasteiger partial charge in [-0.3, -0.25) is 10.2 Å². The van der Waals surface area contributed by atoms with Crippen molar-refractivity contribution >= 4 is 11.9 Å². The number of terminal acetylenes is 1. The van der Waals surface area contributed by atoms with Crippen LogP contribution in [0.5, 0.6) is 0 Å². The molecule has 0 spiro atoms. The molecule has 0 saturated carbocycles. The molecule has 0 amide bonds. The topological polar surface area (TPSA) is 84.4 Å². The largest absolute Gasteiger partial charge is 0.382 e. The molecule has 0 radical (unpaired) electrons. The molecule has 1 atom stereocenters. The van der Waals surface area contributed by atoms with Gasteiger partial charge in [0, 0.05) is 14.2 Å². The maximum Gasteiger partial charge on any atom is 0.254 e. The minimum absolute atomic E-state index is 0.333. The SMILES string of the molecule is C#CC(NCCC)Nc1ncnc(N(C)OCCOC)n1. The van der Waals surface area contributed by atoms with Crippen molar-refractivity contribution < 1.29 is 9.57 Å². The minimum atomic E-state index is -0.333. The normalized spacial score (nSPS) is 11.7. The first-order chi connectivity index (χ1) is 10.2. The maximum atomic E-state index is 5.45. The molecule has 8 heteroatoms. The fourth-order valence-corrected chi connectivity index (χ4v) is 1.39. The summed E-state index contributed by atoms with van der Waals surface area (Å²) in [4.78, 5) is 17.7. The Hall–Kier alpha value is -1.95. The van der Waals surface area contributed by atoms with E-state index in [1.807, 2.05) is 0 Å². The molecule has 0 aliphatic heterocycles. The molecule has 0 aromatic carbocycles. The molecular formula is C13H22N6O2. The third kappa shape index (κ3) is 6.35. The van der Waals surface area contributed by atoms with Gasteiger partial charge >= 0.3 is 0 Å². The average molecular weight is 294 g/mol. The Morgan fingerprint density at radius 2 is 2.24 bits per heavy atom. The maximum absolute atomic E-state index is 5.45. The number of methoxy groups -OCH3 is 1. The predicted octanol–water partition coefficient (Wildman–Crippen LogP) is 0.257. The first-order valence-corrected chi connectivity index (χ1v) is 6.72. The van der Waals surface area contributed by atoms with Gasteiger partial charge in [-0.25, -0.2) is 10.0 Å². The second kappa shape index (κ2) is 9.88. The van der Waals surface area contributed by atoms with Gasteiger partial charge in [-0.15, -0.1) is 6.42 Å². The molecular weight excluding hydrogens is 272 g/mol. The highest BCUT2D eigenvalue weighted by Crippen LogP contribution is 2.07. The first kappa shape index (κ1) is 17.1. The number of nitrogens with zero attached hydrogens (tertiary/aromatic N) is 4. The zero-order valence-corrected chi connectivity index (χ0v) is 12.7. The Morgan fingerprint density at radius 1 is 1.43 bits per heavy atom. The van der Waals surface area contributed by atoms with E-state index in [9.17, 15) is 0 Å². The van der Waals surface area contributed by atoms with Crippen LogP contribution in [0, 0.1) is 12.3 Å². The molecule has 0 saturated heterocycles. The molecule has 1 unspecified atom stereocenters. The number of nitrogens with one attached hydrogen (secondary N) is 2. The monoisotopic (exact) mass is 294 g/mol. The number of aromatic nitrogens is 3. The van der Waals surface area contributed by atoms with Crippen molar-refractivity contribution in [3.05, 3.63) is 6.33 Å². The Bertz CT molecular complexity index is 451. The van der Waals surface area contributed by atoms with Crippen molar-refractivity contribution in [2.24, 2.45) is 0 Å². The molecule has 0 aliphatic carbocycles. The van der Waals surface area contributed by atoms with Gasteiger partial charge in [-0.1, -0.05) is 12.8 Å². The number of hydrogen-bond acceptors (Lipinski definition) is 8. The highest BCUT2D eigenvalue weighted by molar-refractivity contribution is 5.35. The Labute approximate surface area is 125 Å². The van der Waals surface area contributed by atoms with Crippen LogP contribution < -0.4 is 15.7 Å². The van der Waals surface area contributed by atoms with Crippen LogP contribution >= 0.6 is 0 Å². The highest BCUT2D eigenvalue weighted by atomic mass is 16.7. The lowest BCUT2D eigenvalue weighted by Crippen LogP contribution is -2.36. The molecule has 21 heavy (non-hydrogen) atoms.